The van der Waals surface area contributed by atoms with Crippen molar-refractivity contribution in [1.82, 2.24) is 15.1 Å². The molecular weight excluding hydrogens is 366 g/mol. The number of piperidine rings is 1. The lowest BCUT2D eigenvalue weighted by Crippen LogP contribution is -2.48. The molecule has 0 saturated carbocycles. The van der Waals surface area contributed by atoms with Gasteiger partial charge in [-0.2, -0.15) is 0 Å². The summed E-state index contributed by atoms with van der Waals surface area (Å²) >= 11 is 0. The second-order valence-corrected chi connectivity index (χ2v) is 6.90. The van der Waals surface area contributed by atoms with E-state index in [-0.39, 0.29) is 24.9 Å². The molecule has 1 fully saturated rings. The molecule has 7 heteroatoms. The summed E-state index contributed by atoms with van der Waals surface area (Å²) in [7, 11) is 0. The highest BCUT2D eigenvalue weighted by atomic mass is 35.5. The Hall–Kier alpha value is -1.63. The highest BCUT2D eigenvalue weighted by molar-refractivity contribution is 5.85. The second-order valence-electron chi connectivity index (χ2n) is 6.90. The van der Waals surface area contributed by atoms with Crippen molar-refractivity contribution in [3.63, 3.8) is 0 Å². The Balaban J connectivity index is 0.00000364. The second kappa shape index (κ2) is 12.7. The van der Waals surface area contributed by atoms with E-state index in [0.29, 0.717) is 19.1 Å². The lowest BCUT2D eigenvalue weighted by molar-refractivity contribution is -0.139. The molecule has 0 bridgehead atoms. The van der Waals surface area contributed by atoms with E-state index in [1.165, 1.54) is 5.56 Å². The maximum atomic E-state index is 12.1. The number of carbonyl (C=O) groups excluding carboxylic acids is 1. The number of amides is 1. The first kappa shape index (κ1) is 23.4. The van der Waals surface area contributed by atoms with Gasteiger partial charge in [-0.1, -0.05) is 37.3 Å². The van der Waals surface area contributed by atoms with Crippen molar-refractivity contribution in [1.29, 1.82) is 0 Å². The fourth-order valence-electron chi connectivity index (χ4n) is 3.54. The van der Waals surface area contributed by atoms with E-state index in [1.807, 2.05) is 30.0 Å². The topological polar surface area (TPSA) is 72.9 Å². The van der Waals surface area contributed by atoms with E-state index in [2.05, 4.69) is 22.3 Å². The summed E-state index contributed by atoms with van der Waals surface area (Å²) in [5.74, 6) is -0.696. The smallest absolute Gasteiger partial charge is 0.317 e. The number of likely N-dealkylation sites (tertiary alicyclic amines) is 1. The molecule has 152 valence electrons. The number of nitrogens with one attached hydrogen (secondary N) is 1. The monoisotopic (exact) mass is 397 g/mol. The zero-order valence-corrected chi connectivity index (χ0v) is 16.9. The zero-order valence-electron chi connectivity index (χ0n) is 16.1. The molecule has 0 radical (unpaired) electrons. The molecule has 27 heavy (non-hydrogen) atoms. The van der Waals surface area contributed by atoms with Crippen LogP contribution in [0.4, 0.5) is 0 Å². The van der Waals surface area contributed by atoms with Crippen LogP contribution >= 0.6 is 12.4 Å². The molecule has 6 nitrogen and oxygen atoms in total. The summed E-state index contributed by atoms with van der Waals surface area (Å²) in [4.78, 5) is 27.2. The van der Waals surface area contributed by atoms with Gasteiger partial charge in [0.05, 0.1) is 13.1 Å². The molecule has 1 amide bonds. The molecule has 0 atom stereocenters. The lowest BCUT2D eigenvalue weighted by atomic mass is 10.0. The predicted molar refractivity (Wildman–Crippen MR) is 109 cm³/mol. The van der Waals surface area contributed by atoms with Gasteiger partial charge in [0.1, 0.15) is 0 Å². The minimum atomic E-state index is -0.774. The first-order chi connectivity index (χ1) is 12.6. The number of halogens is 1. The van der Waals surface area contributed by atoms with Gasteiger partial charge >= 0.3 is 5.97 Å². The number of rotatable bonds is 10. The van der Waals surface area contributed by atoms with Crippen LogP contribution in [0.25, 0.3) is 0 Å². The van der Waals surface area contributed by atoms with Crippen molar-refractivity contribution in [2.75, 3.05) is 39.3 Å². The lowest BCUT2D eigenvalue weighted by Gasteiger charge is -2.37. The number of carboxylic acids is 1. The largest absolute Gasteiger partial charge is 0.480 e. The fraction of sp³-hybridized carbons (Fsp3) is 0.600. The van der Waals surface area contributed by atoms with Crippen LogP contribution in [0.2, 0.25) is 0 Å². The van der Waals surface area contributed by atoms with Crippen molar-refractivity contribution in [2.24, 2.45) is 0 Å². The minimum Gasteiger partial charge on any atom is -0.480 e. The minimum absolute atomic E-state index is 0. The molecule has 0 aromatic heterocycles. The van der Waals surface area contributed by atoms with Gasteiger partial charge in [0.15, 0.2) is 0 Å². The molecule has 2 rings (SSSR count). The van der Waals surface area contributed by atoms with E-state index in [9.17, 15) is 9.59 Å². The van der Waals surface area contributed by atoms with Crippen molar-refractivity contribution in [3.05, 3.63) is 35.9 Å². The third kappa shape index (κ3) is 8.73. The number of aliphatic carboxylic acids is 1. The number of nitrogens with zero attached hydrogens (tertiary/aromatic N) is 2. The Labute approximate surface area is 168 Å². The first-order valence-electron chi connectivity index (χ1n) is 9.57. The van der Waals surface area contributed by atoms with Crippen LogP contribution in [0.3, 0.4) is 0 Å². The molecule has 0 spiro atoms. The third-order valence-electron chi connectivity index (χ3n) is 4.99. The quantitative estimate of drug-likeness (QED) is 0.591. The van der Waals surface area contributed by atoms with Gasteiger partial charge in [0, 0.05) is 25.7 Å². The molecule has 1 aliphatic rings. The van der Waals surface area contributed by atoms with Crippen LogP contribution in [-0.4, -0.2) is 72.1 Å². The Bertz CT molecular complexity index is 563. The number of hydrogen-bond acceptors (Lipinski definition) is 4. The van der Waals surface area contributed by atoms with Gasteiger partial charge < -0.3 is 10.4 Å². The number of carbonyl (C=O) groups is 2. The van der Waals surface area contributed by atoms with Gasteiger partial charge in [-0.05, 0) is 37.8 Å². The molecule has 1 aromatic carbocycles. The zero-order chi connectivity index (χ0) is 18.8. The van der Waals surface area contributed by atoms with E-state index in [0.717, 1.165) is 45.3 Å². The Morgan fingerprint density at radius 2 is 1.89 bits per heavy atom. The van der Waals surface area contributed by atoms with Crippen molar-refractivity contribution in [3.8, 4) is 0 Å². The summed E-state index contributed by atoms with van der Waals surface area (Å²) in [6.07, 6.45) is 3.76. The number of likely N-dealkylation sites (N-methyl/N-ethyl adjacent to an activating group) is 1. The summed E-state index contributed by atoms with van der Waals surface area (Å²) in [5.41, 5.74) is 1.30. The van der Waals surface area contributed by atoms with Crippen LogP contribution in [-0.2, 0) is 16.0 Å². The number of carboxylic acid groups (broad SMARTS) is 1. The van der Waals surface area contributed by atoms with Crippen LogP contribution in [0.15, 0.2) is 30.3 Å². The van der Waals surface area contributed by atoms with Gasteiger partial charge in [-0.3, -0.25) is 19.4 Å². The summed E-state index contributed by atoms with van der Waals surface area (Å²) in [5, 5.41) is 12.0. The summed E-state index contributed by atoms with van der Waals surface area (Å²) < 4.78 is 0. The van der Waals surface area contributed by atoms with Crippen LogP contribution < -0.4 is 5.32 Å². The van der Waals surface area contributed by atoms with Crippen LogP contribution in [0.1, 0.15) is 31.7 Å². The molecule has 0 unspecified atom stereocenters. The Morgan fingerprint density at radius 3 is 2.48 bits per heavy atom. The summed E-state index contributed by atoms with van der Waals surface area (Å²) in [6.45, 7) is 5.67. The highest BCUT2D eigenvalue weighted by Crippen LogP contribution is 2.16. The van der Waals surface area contributed by atoms with Gasteiger partial charge in [-0.15, -0.1) is 12.4 Å². The van der Waals surface area contributed by atoms with E-state index < -0.39 is 5.97 Å². The molecule has 1 aliphatic heterocycles. The van der Waals surface area contributed by atoms with E-state index in [1.54, 1.807) is 0 Å². The summed E-state index contributed by atoms with van der Waals surface area (Å²) in [6, 6.07) is 10.6. The molecule has 0 aliphatic carbocycles. The van der Waals surface area contributed by atoms with E-state index in [4.69, 9.17) is 5.11 Å². The van der Waals surface area contributed by atoms with Gasteiger partial charge in [-0.25, -0.2) is 0 Å². The standard InChI is InChI=1S/C20H31N3O3.ClH/c1-2-23(16-20(25)26)18-10-13-22(14-11-18)15-19(24)21-12-6-9-17-7-4-3-5-8-17;/h3-5,7-8,18H,2,6,9-16H2,1H3,(H,21,24)(H,25,26);1H. The van der Waals surface area contributed by atoms with Crippen LogP contribution in [0, 0.1) is 0 Å². The first-order valence-corrected chi connectivity index (χ1v) is 9.57. The van der Waals surface area contributed by atoms with E-state index >= 15 is 0 Å². The van der Waals surface area contributed by atoms with Gasteiger partial charge in [0.25, 0.3) is 0 Å². The molecule has 2 N–H and O–H groups in total. The number of aryl methyl sites for hydroxylation is 1. The third-order valence-corrected chi connectivity index (χ3v) is 4.99. The average molecular weight is 398 g/mol. The number of benzene rings is 1. The molecular formula is C20H32ClN3O3. The maximum Gasteiger partial charge on any atom is 0.317 e. The predicted octanol–water partition coefficient (Wildman–Crippen LogP) is 2.03. The maximum absolute atomic E-state index is 12.1. The molecule has 1 heterocycles. The average Bonchev–Trinajstić information content (AvgIpc) is 2.65. The molecule has 1 saturated heterocycles. The van der Waals surface area contributed by atoms with Crippen molar-refractivity contribution < 1.29 is 14.7 Å². The highest BCUT2D eigenvalue weighted by Gasteiger charge is 2.25. The van der Waals surface area contributed by atoms with Crippen LogP contribution in [0.5, 0.6) is 0 Å². The van der Waals surface area contributed by atoms with Crippen molar-refractivity contribution >= 4 is 24.3 Å². The number of hydrogen-bond donors (Lipinski definition) is 2. The molecule has 1 aromatic rings. The van der Waals surface area contributed by atoms with Gasteiger partial charge in [0.2, 0.25) is 5.91 Å². The normalized spacial score (nSPS) is 15.3. The Morgan fingerprint density at radius 1 is 1.22 bits per heavy atom. The fourth-order valence-corrected chi connectivity index (χ4v) is 3.54. The van der Waals surface area contributed by atoms with Crippen molar-refractivity contribution in [2.45, 2.75) is 38.6 Å². The SMILES string of the molecule is CCN(CC(=O)O)C1CCN(CC(=O)NCCCc2ccccc2)CC1.Cl. The Kier molecular flexibility index (Phi) is 11.0.